The van der Waals surface area contributed by atoms with Gasteiger partial charge in [0.05, 0.1) is 0 Å². The van der Waals surface area contributed by atoms with Gasteiger partial charge in [0, 0.05) is 26.1 Å². The molecule has 0 aromatic heterocycles. The van der Waals surface area contributed by atoms with Crippen molar-refractivity contribution in [1.29, 1.82) is 0 Å². The van der Waals surface area contributed by atoms with Crippen LogP contribution in [0.1, 0.15) is 65.7 Å². The van der Waals surface area contributed by atoms with E-state index in [0.29, 0.717) is 19.0 Å². The number of aliphatic carboxylic acids is 1. The maximum Gasteiger partial charge on any atom is 0.303 e. The van der Waals surface area contributed by atoms with Gasteiger partial charge in [0.2, 0.25) is 0 Å². The highest BCUT2D eigenvalue weighted by atomic mass is 16.5. The van der Waals surface area contributed by atoms with E-state index in [9.17, 15) is 9.59 Å². The minimum atomic E-state index is -0.725. The first-order chi connectivity index (χ1) is 8.54. The molecule has 0 saturated heterocycles. The van der Waals surface area contributed by atoms with Gasteiger partial charge in [-0.25, -0.2) is 0 Å². The number of carbonyl (C=O) groups is 2. The molecule has 0 spiro atoms. The average molecular weight is 260 g/mol. The summed E-state index contributed by atoms with van der Waals surface area (Å²) >= 11 is 0. The van der Waals surface area contributed by atoms with Crippen LogP contribution in [0.15, 0.2) is 0 Å². The van der Waals surface area contributed by atoms with E-state index in [-0.39, 0.29) is 6.42 Å². The standard InChI is InChI=1S/C7H14O3.C7H14O/c1-2-10-6-4-3-5-7(8)9;1-3-4-5-6-7(2)8/h2-6H2,1H3,(H,8,9);3-6H2,1-2H3. The monoisotopic (exact) mass is 260 g/mol. The van der Waals surface area contributed by atoms with Gasteiger partial charge >= 0.3 is 5.97 Å². The maximum atomic E-state index is 10.3. The topological polar surface area (TPSA) is 63.6 Å². The van der Waals surface area contributed by atoms with Gasteiger partial charge in [-0.3, -0.25) is 4.79 Å². The van der Waals surface area contributed by atoms with E-state index < -0.39 is 5.97 Å². The number of hydrogen-bond donors (Lipinski definition) is 1. The van der Waals surface area contributed by atoms with Gasteiger partial charge in [-0.2, -0.15) is 0 Å². The van der Waals surface area contributed by atoms with Gasteiger partial charge in [-0.15, -0.1) is 0 Å². The van der Waals surface area contributed by atoms with E-state index in [4.69, 9.17) is 9.84 Å². The van der Waals surface area contributed by atoms with Gasteiger partial charge in [0.1, 0.15) is 5.78 Å². The van der Waals surface area contributed by atoms with Crippen LogP contribution in [0.5, 0.6) is 0 Å². The number of hydrogen-bond acceptors (Lipinski definition) is 3. The summed E-state index contributed by atoms with van der Waals surface area (Å²) in [5.74, 6) is -0.407. The van der Waals surface area contributed by atoms with E-state index in [2.05, 4.69) is 6.92 Å². The number of carboxylic acids is 1. The third-order valence-corrected chi connectivity index (χ3v) is 2.27. The van der Waals surface area contributed by atoms with Crippen molar-refractivity contribution in [2.45, 2.75) is 65.7 Å². The summed E-state index contributed by atoms with van der Waals surface area (Å²) in [6.45, 7) is 7.11. The molecule has 0 fully saturated rings. The van der Waals surface area contributed by atoms with E-state index in [1.165, 1.54) is 12.8 Å². The predicted molar refractivity (Wildman–Crippen MR) is 72.8 cm³/mol. The van der Waals surface area contributed by atoms with Gasteiger partial charge in [0.25, 0.3) is 0 Å². The van der Waals surface area contributed by atoms with E-state index in [1.54, 1.807) is 6.92 Å². The molecule has 0 amide bonds. The smallest absolute Gasteiger partial charge is 0.303 e. The van der Waals surface area contributed by atoms with Crippen LogP contribution in [0.3, 0.4) is 0 Å². The number of unbranched alkanes of at least 4 members (excludes halogenated alkanes) is 3. The Balaban J connectivity index is 0. The zero-order chi connectivity index (χ0) is 14.2. The molecule has 0 aromatic rings. The second kappa shape index (κ2) is 16.1. The lowest BCUT2D eigenvalue weighted by Gasteiger charge is -1.97. The Kier molecular flexibility index (Phi) is 17.4. The Morgan fingerprint density at radius 3 is 2.06 bits per heavy atom. The Morgan fingerprint density at radius 2 is 1.61 bits per heavy atom. The van der Waals surface area contributed by atoms with E-state index >= 15 is 0 Å². The van der Waals surface area contributed by atoms with Crippen molar-refractivity contribution in [3.8, 4) is 0 Å². The minimum absolute atomic E-state index is 0.257. The Hall–Kier alpha value is -0.900. The van der Waals surface area contributed by atoms with Gasteiger partial charge < -0.3 is 14.6 Å². The molecule has 0 aliphatic carbocycles. The molecule has 1 N–H and O–H groups in total. The van der Waals surface area contributed by atoms with Crippen LogP contribution in [-0.4, -0.2) is 30.1 Å². The lowest BCUT2D eigenvalue weighted by Crippen LogP contribution is -1.97. The van der Waals surface area contributed by atoms with Crippen molar-refractivity contribution >= 4 is 11.8 Å². The lowest BCUT2D eigenvalue weighted by molar-refractivity contribution is -0.137. The van der Waals surface area contributed by atoms with Crippen molar-refractivity contribution in [3.05, 3.63) is 0 Å². The molecule has 0 atom stereocenters. The SMILES string of the molecule is CCCCCC(C)=O.CCOCCCCC(=O)O. The van der Waals surface area contributed by atoms with Crippen LogP contribution in [0.2, 0.25) is 0 Å². The molecule has 0 aliphatic heterocycles. The molecule has 0 rings (SSSR count). The first-order valence-corrected chi connectivity index (χ1v) is 6.83. The summed E-state index contributed by atoms with van der Waals surface area (Å²) < 4.78 is 5.02. The minimum Gasteiger partial charge on any atom is -0.481 e. The molecule has 0 saturated carbocycles. The van der Waals surface area contributed by atoms with Gasteiger partial charge in [-0.1, -0.05) is 19.8 Å². The fourth-order valence-electron chi connectivity index (χ4n) is 1.25. The van der Waals surface area contributed by atoms with E-state index in [1.807, 2.05) is 6.92 Å². The molecule has 0 bridgehead atoms. The number of carboxylic acid groups (broad SMARTS) is 1. The number of Topliss-reactive ketones (excluding diaryl/α,β-unsaturated/α-hetero) is 1. The molecule has 0 aliphatic rings. The van der Waals surface area contributed by atoms with Crippen molar-refractivity contribution in [1.82, 2.24) is 0 Å². The zero-order valence-electron chi connectivity index (χ0n) is 12.0. The fraction of sp³-hybridized carbons (Fsp3) is 0.857. The summed E-state index contributed by atoms with van der Waals surface area (Å²) in [5, 5.41) is 8.23. The molecule has 4 nitrogen and oxygen atoms in total. The van der Waals surface area contributed by atoms with Crippen LogP contribution in [0, 0.1) is 0 Å². The molecule has 0 aromatic carbocycles. The third kappa shape index (κ3) is 24.4. The molecule has 0 unspecified atom stereocenters. The largest absolute Gasteiger partial charge is 0.481 e. The van der Waals surface area contributed by atoms with Crippen LogP contribution < -0.4 is 0 Å². The number of ether oxygens (including phenoxy) is 1. The lowest BCUT2D eigenvalue weighted by atomic mass is 10.2. The van der Waals surface area contributed by atoms with Crippen molar-refractivity contribution in [3.63, 3.8) is 0 Å². The highest BCUT2D eigenvalue weighted by Crippen LogP contribution is 1.98. The summed E-state index contributed by atoms with van der Waals surface area (Å²) in [6, 6.07) is 0. The van der Waals surface area contributed by atoms with Crippen LogP contribution in [-0.2, 0) is 14.3 Å². The fourth-order valence-corrected chi connectivity index (χ4v) is 1.25. The highest BCUT2D eigenvalue weighted by molar-refractivity contribution is 5.75. The zero-order valence-corrected chi connectivity index (χ0v) is 12.0. The molecule has 108 valence electrons. The van der Waals surface area contributed by atoms with Gasteiger partial charge in [0.15, 0.2) is 0 Å². The summed E-state index contributed by atoms with van der Waals surface area (Å²) in [6.07, 6.45) is 6.06. The quantitative estimate of drug-likeness (QED) is 0.611. The van der Waals surface area contributed by atoms with Crippen LogP contribution in [0.25, 0.3) is 0 Å². The molecule has 18 heavy (non-hydrogen) atoms. The Bertz CT molecular complexity index is 202. The number of ketones is 1. The molecular weight excluding hydrogens is 232 g/mol. The second-order valence-electron chi connectivity index (χ2n) is 4.21. The molecule has 4 heteroatoms. The van der Waals surface area contributed by atoms with Crippen LogP contribution in [0.4, 0.5) is 0 Å². The number of rotatable bonds is 10. The van der Waals surface area contributed by atoms with Gasteiger partial charge in [-0.05, 0) is 33.1 Å². The molecule has 0 radical (unpaired) electrons. The summed E-state index contributed by atoms with van der Waals surface area (Å²) in [7, 11) is 0. The molecular formula is C14H28O4. The summed E-state index contributed by atoms with van der Waals surface area (Å²) in [4.78, 5) is 20.3. The Morgan fingerprint density at radius 1 is 1.00 bits per heavy atom. The third-order valence-electron chi connectivity index (χ3n) is 2.27. The van der Waals surface area contributed by atoms with Crippen molar-refractivity contribution in [2.24, 2.45) is 0 Å². The van der Waals surface area contributed by atoms with Crippen molar-refractivity contribution in [2.75, 3.05) is 13.2 Å². The summed E-state index contributed by atoms with van der Waals surface area (Å²) in [5.41, 5.74) is 0. The predicted octanol–water partition coefficient (Wildman–Crippen LogP) is 3.43. The Labute approximate surface area is 111 Å². The highest BCUT2D eigenvalue weighted by Gasteiger charge is 1.94. The van der Waals surface area contributed by atoms with E-state index in [0.717, 1.165) is 25.7 Å². The number of carbonyl (C=O) groups excluding carboxylic acids is 1. The first-order valence-electron chi connectivity index (χ1n) is 6.83. The molecule has 0 heterocycles. The van der Waals surface area contributed by atoms with Crippen molar-refractivity contribution < 1.29 is 19.4 Å². The normalized spacial score (nSPS) is 9.50. The average Bonchev–Trinajstić information content (AvgIpc) is 2.29. The first kappa shape index (κ1) is 19.4. The van der Waals surface area contributed by atoms with Crippen LogP contribution >= 0.6 is 0 Å². The maximum absolute atomic E-state index is 10.3. The second-order valence-corrected chi connectivity index (χ2v) is 4.21.